The number of aromatic nitrogens is 1. The molecule has 1 aromatic heterocycles. The fourth-order valence-corrected chi connectivity index (χ4v) is 2.07. The summed E-state index contributed by atoms with van der Waals surface area (Å²) in [4.78, 5) is 14.0. The Kier molecular flexibility index (Phi) is 5.65. The van der Waals surface area contributed by atoms with E-state index in [9.17, 15) is 31.1 Å². The monoisotopic (exact) mass is 395 g/mol. The van der Waals surface area contributed by atoms with Crippen LogP contribution in [0.3, 0.4) is 0 Å². The number of rotatable bonds is 4. The number of nitrogens with zero attached hydrogens (tertiary/aromatic N) is 1. The zero-order chi connectivity index (χ0) is 17.1. The average molecular weight is 396 g/mol. The van der Waals surface area contributed by atoms with Crippen molar-refractivity contribution in [3.63, 3.8) is 0 Å². The Balaban J connectivity index is 3.45. The molecule has 0 aliphatic heterocycles. The molecule has 0 aliphatic rings. The van der Waals surface area contributed by atoms with E-state index in [1.54, 1.807) is 0 Å². The minimum atomic E-state index is -5.23. The first-order valence-electron chi connectivity index (χ1n) is 5.46. The molecule has 1 heterocycles. The van der Waals surface area contributed by atoms with Crippen LogP contribution in [0, 0.1) is 0 Å². The van der Waals surface area contributed by atoms with Gasteiger partial charge in [0.1, 0.15) is 5.69 Å². The normalized spacial score (nSPS) is 12.2. The maximum atomic E-state index is 12.7. The van der Waals surface area contributed by atoms with Crippen molar-refractivity contribution >= 4 is 21.9 Å². The highest BCUT2D eigenvalue weighted by Crippen LogP contribution is 2.35. The van der Waals surface area contributed by atoms with Gasteiger partial charge in [0.25, 0.3) is 0 Å². The molecule has 22 heavy (non-hydrogen) atoms. The van der Waals surface area contributed by atoms with E-state index in [0.717, 1.165) is 7.11 Å². The van der Waals surface area contributed by atoms with E-state index in [-0.39, 0.29) is 16.5 Å². The van der Waals surface area contributed by atoms with Gasteiger partial charge in [0.05, 0.1) is 13.5 Å². The molecular weight excluding hydrogens is 388 g/mol. The van der Waals surface area contributed by atoms with Crippen molar-refractivity contribution in [1.29, 1.82) is 0 Å². The predicted molar refractivity (Wildman–Crippen MR) is 64.3 cm³/mol. The van der Waals surface area contributed by atoms with Crippen LogP contribution in [-0.2, 0) is 27.5 Å². The molecule has 0 amide bonds. The van der Waals surface area contributed by atoms with Gasteiger partial charge in [0, 0.05) is 10.9 Å². The average Bonchev–Trinajstić information content (AvgIpc) is 2.35. The van der Waals surface area contributed by atoms with Gasteiger partial charge in [-0.1, -0.05) is 15.9 Å². The summed E-state index contributed by atoms with van der Waals surface area (Å²) in [6.07, 6.45) is -10.9. The summed E-state index contributed by atoms with van der Waals surface area (Å²) >= 11 is 2.83. The molecular formula is C11H8BrF6NO3. The summed E-state index contributed by atoms with van der Waals surface area (Å²) in [6.45, 7) is 0. The van der Waals surface area contributed by atoms with Gasteiger partial charge in [-0.2, -0.15) is 13.2 Å². The van der Waals surface area contributed by atoms with E-state index < -0.39 is 36.5 Å². The number of alkyl halides is 7. The van der Waals surface area contributed by atoms with E-state index in [2.05, 4.69) is 30.4 Å². The number of ether oxygens (including phenoxy) is 2. The van der Waals surface area contributed by atoms with Crippen LogP contribution >= 0.6 is 15.9 Å². The number of esters is 1. The third kappa shape index (κ3) is 5.04. The van der Waals surface area contributed by atoms with Crippen LogP contribution in [0.1, 0.15) is 16.8 Å². The van der Waals surface area contributed by atoms with Gasteiger partial charge in [-0.15, -0.1) is 13.2 Å². The first-order chi connectivity index (χ1) is 9.97. The standard InChI is InChI=1S/C11H8BrF6NO3/c1-21-8(20)3-5-2-7(10(13,14)15)19-9(6(5)4-12)22-11(16,17)18/h2H,3-4H2,1H3. The molecule has 1 rings (SSSR count). The Morgan fingerprint density at radius 3 is 2.27 bits per heavy atom. The molecule has 0 unspecified atom stereocenters. The Morgan fingerprint density at radius 2 is 1.86 bits per heavy atom. The Hall–Kier alpha value is -1.52. The Labute approximate surface area is 128 Å². The maximum Gasteiger partial charge on any atom is 0.574 e. The Bertz CT molecular complexity index is 558. The summed E-state index contributed by atoms with van der Waals surface area (Å²) in [5.41, 5.74) is -2.25. The van der Waals surface area contributed by atoms with Gasteiger partial charge < -0.3 is 9.47 Å². The lowest BCUT2D eigenvalue weighted by molar-refractivity contribution is -0.276. The molecule has 0 radical (unpaired) electrons. The second-order valence-electron chi connectivity index (χ2n) is 3.88. The second-order valence-corrected chi connectivity index (χ2v) is 4.44. The summed E-state index contributed by atoms with van der Waals surface area (Å²) in [5.74, 6) is -2.18. The van der Waals surface area contributed by atoms with Crippen molar-refractivity contribution < 1.29 is 40.6 Å². The van der Waals surface area contributed by atoms with Crippen LogP contribution < -0.4 is 4.74 Å². The van der Waals surface area contributed by atoms with Crippen LogP contribution in [0.4, 0.5) is 26.3 Å². The molecule has 0 saturated heterocycles. The fourth-order valence-electron chi connectivity index (χ4n) is 1.47. The highest BCUT2D eigenvalue weighted by molar-refractivity contribution is 9.08. The van der Waals surface area contributed by atoms with Gasteiger partial charge >= 0.3 is 18.5 Å². The summed E-state index contributed by atoms with van der Waals surface area (Å²) in [5, 5.41) is -0.296. The molecule has 4 nitrogen and oxygen atoms in total. The van der Waals surface area contributed by atoms with Crippen molar-refractivity contribution in [3.8, 4) is 5.88 Å². The zero-order valence-corrected chi connectivity index (χ0v) is 12.4. The van der Waals surface area contributed by atoms with Gasteiger partial charge in [-0.05, 0) is 11.6 Å². The number of pyridine rings is 1. The maximum absolute atomic E-state index is 12.7. The van der Waals surface area contributed by atoms with Crippen molar-refractivity contribution in [2.24, 2.45) is 0 Å². The van der Waals surface area contributed by atoms with Crippen LogP contribution in [0.25, 0.3) is 0 Å². The molecule has 0 spiro atoms. The third-order valence-electron chi connectivity index (χ3n) is 2.38. The molecule has 1 aromatic rings. The molecule has 0 aromatic carbocycles. The lowest BCUT2D eigenvalue weighted by Crippen LogP contribution is -2.22. The number of carbonyl (C=O) groups is 1. The lowest BCUT2D eigenvalue weighted by atomic mass is 10.1. The Morgan fingerprint density at radius 1 is 1.27 bits per heavy atom. The van der Waals surface area contributed by atoms with Crippen molar-refractivity contribution in [1.82, 2.24) is 4.98 Å². The topological polar surface area (TPSA) is 48.4 Å². The number of hydrogen-bond donors (Lipinski definition) is 0. The number of hydrogen-bond acceptors (Lipinski definition) is 4. The van der Waals surface area contributed by atoms with E-state index in [1.165, 1.54) is 0 Å². The molecule has 0 N–H and O–H groups in total. The molecule has 11 heteroatoms. The largest absolute Gasteiger partial charge is 0.574 e. The second kappa shape index (κ2) is 6.71. The smallest absolute Gasteiger partial charge is 0.469 e. The minimum absolute atomic E-state index is 0.296. The van der Waals surface area contributed by atoms with Crippen LogP contribution in [0.15, 0.2) is 6.07 Å². The van der Waals surface area contributed by atoms with E-state index in [0.29, 0.717) is 6.07 Å². The van der Waals surface area contributed by atoms with Gasteiger partial charge in [0.2, 0.25) is 5.88 Å². The lowest BCUT2D eigenvalue weighted by Gasteiger charge is -2.17. The summed E-state index contributed by atoms with van der Waals surface area (Å²) in [6, 6.07) is 0.483. The molecule has 0 aliphatic carbocycles. The predicted octanol–water partition coefficient (Wildman–Crippen LogP) is 3.61. The first-order valence-corrected chi connectivity index (χ1v) is 6.58. The molecule has 0 bridgehead atoms. The highest BCUT2D eigenvalue weighted by Gasteiger charge is 2.38. The molecule has 124 valence electrons. The van der Waals surface area contributed by atoms with Crippen molar-refractivity contribution in [2.75, 3.05) is 7.11 Å². The number of methoxy groups -OCH3 is 1. The number of carbonyl (C=O) groups excluding carboxylic acids is 1. The van der Waals surface area contributed by atoms with Crippen LogP contribution in [0.5, 0.6) is 5.88 Å². The summed E-state index contributed by atoms with van der Waals surface area (Å²) < 4.78 is 82.8. The molecule has 0 saturated carbocycles. The van der Waals surface area contributed by atoms with Crippen LogP contribution in [0.2, 0.25) is 0 Å². The van der Waals surface area contributed by atoms with Crippen molar-refractivity contribution in [3.05, 3.63) is 22.9 Å². The van der Waals surface area contributed by atoms with Crippen molar-refractivity contribution in [2.45, 2.75) is 24.3 Å². The highest BCUT2D eigenvalue weighted by atomic mass is 79.9. The zero-order valence-electron chi connectivity index (χ0n) is 10.8. The SMILES string of the molecule is COC(=O)Cc1cc(C(F)(F)F)nc(OC(F)(F)F)c1CBr. The number of halogens is 7. The quantitative estimate of drug-likeness (QED) is 0.444. The minimum Gasteiger partial charge on any atom is -0.469 e. The van der Waals surface area contributed by atoms with Gasteiger partial charge in [-0.3, -0.25) is 4.79 Å². The summed E-state index contributed by atoms with van der Waals surface area (Å²) in [7, 11) is 0.995. The third-order valence-corrected chi connectivity index (χ3v) is 2.94. The van der Waals surface area contributed by atoms with E-state index >= 15 is 0 Å². The van der Waals surface area contributed by atoms with Crippen LogP contribution in [-0.4, -0.2) is 24.4 Å². The van der Waals surface area contributed by atoms with Gasteiger partial charge in [0.15, 0.2) is 0 Å². The van der Waals surface area contributed by atoms with E-state index in [1.807, 2.05) is 0 Å². The first kappa shape index (κ1) is 18.5. The molecule has 0 fully saturated rings. The molecule has 0 atom stereocenters. The van der Waals surface area contributed by atoms with E-state index in [4.69, 9.17) is 0 Å². The fraction of sp³-hybridized carbons (Fsp3) is 0.455. The van der Waals surface area contributed by atoms with Gasteiger partial charge in [-0.25, -0.2) is 4.98 Å².